The lowest BCUT2D eigenvalue weighted by atomic mass is 10.1. The van der Waals surface area contributed by atoms with Gasteiger partial charge in [0, 0.05) is 12.1 Å². The van der Waals surface area contributed by atoms with Crippen LogP contribution in [0.2, 0.25) is 5.02 Å². The smallest absolute Gasteiger partial charge is 0.241 e. The van der Waals surface area contributed by atoms with Gasteiger partial charge in [0.2, 0.25) is 15.9 Å². The molecule has 7 heteroatoms. The zero-order valence-electron chi connectivity index (χ0n) is 11.9. The number of hydrogen-bond donors (Lipinski definition) is 2. The van der Waals surface area contributed by atoms with E-state index in [1.165, 1.54) is 13.1 Å². The van der Waals surface area contributed by atoms with Crippen LogP contribution in [0.4, 0.5) is 0 Å². The Morgan fingerprint density at radius 1 is 1.30 bits per heavy atom. The molecule has 5 nitrogen and oxygen atoms in total. The van der Waals surface area contributed by atoms with Crippen molar-refractivity contribution in [2.45, 2.75) is 31.7 Å². The van der Waals surface area contributed by atoms with Gasteiger partial charge in [-0.05, 0) is 30.5 Å². The number of rotatable bonds is 5. The highest BCUT2D eigenvalue weighted by atomic mass is 35.5. The third kappa shape index (κ3) is 3.94. The average molecular weight is 319 g/mol. The standard InChI is InChI=1S/C13H19ClN2O3S/c1-8(2)12(13(17)15-4)16-20(18,19)11-7-10(14)6-5-9(11)3/h5-8,12,16H,1-4H3,(H,15,17)/t12-/m0/s1. The van der Waals surface area contributed by atoms with Crippen molar-refractivity contribution in [1.82, 2.24) is 10.0 Å². The molecule has 1 amide bonds. The zero-order chi connectivity index (χ0) is 15.5. The largest absolute Gasteiger partial charge is 0.358 e. The van der Waals surface area contributed by atoms with Crippen LogP contribution in [-0.4, -0.2) is 27.4 Å². The summed E-state index contributed by atoms with van der Waals surface area (Å²) in [5.41, 5.74) is 0.571. The Morgan fingerprint density at radius 3 is 2.40 bits per heavy atom. The molecule has 1 atom stereocenters. The normalized spacial score (nSPS) is 13.3. The minimum absolute atomic E-state index is 0.0829. The first-order valence-electron chi connectivity index (χ1n) is 6.19. The van der Waals surface area contributed by atoms with E-state index in [0.717, 1.165) is 0 Å². The van der Waals surface area contributed by atoms with Gasteiger partial charge in [-0.15, -0.1) is 0 Å². The summed E-state index contributed by atoms with van der Waals surface area (Å²) in [6.07, 6.45) is 0. The quantitative estimate of drug-likeness (QED) is 0.867. The molecule has 0 unspecified atom stereocenters. The van der Waals surface area contributed by atoms with Crippen LogP contribution in [-0.2, 0) is 14.8 Å². The van der Waals surface area contributed by atoms with E-state index in [1.807, 2.05) is 0 Å². The van der Waals surface area contributed by atoms with Crippen molar-refractivity contribution in [2.24, 2.45) is 5.92 Å². The van der Waals surface area contributed by atoms with Crippen LogP contribution in [0.3, 0.4) is 0 Å². The molecule has 0 aliphatic carbocycles. The highest BCUT2D eigenvalue weighted by molar-refractivity contribution is 7.89. The molecule has 1 aromatic carbocycles. The van der Waals surface area contributed by atoms with Crippen molar-refractivity contribution in [3.05, 3.63) is 28.8 Å². The van der Waals surface area contributed by atoms with Gasteiger partial charge in [-0.25, -0.2) is 8.42 Å². The molecule has 20 heavy (non-hydrogen) atoms. The number of carbonyl (C=O) groups is 1. The Balaban J connectivity index is 3.16. The molecule has 0 saturated heterocycles. The SMILES string of the molecule is CNC(=O)[C@@H](NS(=O)(=O)c1cc(Cl)ccc1C)C(C)C. The lowest BCUT2D eigenvalue weighted by Gasteiger charge is -2.21. The fourth-order valence-electron chi connectivity index (χ4n) is 1.74. The second-order valence-corrected chi connectivity index (χ2v) is 6.99. The molecule has 0 fully saturated rings. The Hall–Kier alpha value is -1.11. The maximum Gasteiger partial charge on any atom is 0.241 e. The summed E-state index contributed by atoms with van der Waals surface area (Å²) < 4.78 is 27.2. The molecule has 0 saturated carbocycles. The number of benzene rings is 1. The Morgan fingerprint density at radius 2 is 1.90 bits per heavy atom. The number of likely N-dealkylation sites (N-methyl/N-ethyl adjacent to an activating group) is 1. The van der Waals surface area contributed by atoms with Crippen molar-refractivity contribution in [2.75, 3.05) is 7.05 Å². The number of halogens is 1. The number of hydrogen-bond acceptors (Lipinski definition) is 3. The number of amides is 1. The Bertz CT molecular complexity index is 600. The molecule has 0 bridgehead atoms. The van der Waals surface area contributed by atoms with Crippen molar-refractivity contribution in [1.29, 1.82) is 0 Å². The minimum Gasteiger partial charge on any atom is -0.358 e. The summed E-state index contributed by atoms with van der Waals surface area (Å²) in [5, 5.41) is 2.79. The van der Waals surface area contributed by atoms with E-state index in [2.05, 4.69) is 10.0 Å². The van der Waals surface area contributed by atoms with E-state index in [4.69, 9.17) is 11.6 Å². The molecular formula is C13H19ClN2O3S. The van der Waals surface area contributed by atoms with E-state index >= 15 is 0 Å². The summed E-state index contributed by atoms with van der Waals surface area (Å²) >= 11 is 5.84. The number of nitrogens with one attached hydrogen (secondary N) is 2. The second-order valence-electron chi connectivity index (χ2n) is 4.87. The minimum atomic E-state index is -3.81. The fourth-order valence-corrected chi connectivity index (χ4v) is 3.59. The van der Waals surface area contributed by atoms with Crippen molar-refractivity contribution in [3.63, 3.8) is 0 Å². The predicted octanol–water partition coefficient (Wildman–Crippen LogP) is 1.70. The van der Waals surface area contributed by atoms with E-state index in [0.29, 0.717) is 10.6 Å². The van der Waals surface area contributed by atoms with Gasteiger partial charge in [-0.2, -0.15) is 4.72 Å². The zero-order valence-corrected chi connectivity index (χ0v) is 13.5. The average Bonchev–Trinajstić information content (AvgIpc) is 2.37. The molecular weight excluding hydrogens is 300 g/mol. The van der Waals surface area contributed by atoms with Gasteiger partial charge >= 0.3 is 0 Å². The van der Waals surface area contributed by atoms with Gasteiger partial charge in [0.1, 0.15) is 6.04 Å². The van der Waals surface area contributed by atoms with Crippen LogP contribution in [0.1, 0.15) is 19.4 Å². The molecule has 0 aliphatic rings. The monoisotopic (exact) mass is 318 g/mol. The molecule has 0 radical (unpaired) electrons. The van der Waals surface area contributed by atoms with E-state index in [1.54, 1.807) is 32.9 Å². The number of aryl methyl sites for hydroxylation is 1. The molecule has 0 heterocycles. The molecule has 0 aromatic heterocycles. The van der Waals surface area contributed by atoms with Crippen LogP contribution in [0.5, 0.6) is 0 Å². The maximum atomic E-state index is 12.4. The molecule has 1 rings (SSSR count). The van der Waals surface area contributed by atoms with Gasteiger partial charge in [-0.1, -0.05) is 31.5 Å². The molecule has 112 valence electrons. The molecule has 0 spiro atoms. The van der Waals surface area contributed by atoms with Crippen LogP contribution in [0.25, 0.3) is 0 Å². The van der Waals surface area contributed by atoms with Gasteiger partial charge in [0.05, 0.1) is 4.90 Å². The van der Waals surface area contributed by atoms with Crippen LogP contribution in [0, 0.1) is 12.8 Å². The number of carbonyl (C=O) groups excluding carboxylic acids is 1. The topological polar surface area (TPSA) is 75.3 Å². The van der Waals surface area contributed by atoms with Crippen LogP contribution in [0.15, 0.2) is 23.1 Å². The highest BCUT2D eigenvalue weighted by Gasteiger charge is 2.28. The first kappa shape index (κ1) is 16.9. The Kier molecular flexibility index (Phi) is 5.56. The van der Waals surface area contributed by atoms with Crippen molar-refractivity contribution >= 4 is 27.5 Å². The fraction of sp³-hybridized carbons (Fsp3) is 0.462. The summed E-state index contributed by atoms with van der Waals surface area (Å²) in [6, 6.07) is 3.79. The van der Waals surface area contributed by atoms with Crippen molar-refractivity contribution in [3.8, 4) is 0 Å². The van der Waals surface area contributed by atoms with E-state index < -0.39 is 16.1 Å². The maximum absolute atomic E-state index is 12.4. The van der Waals surface area contributed by atoms with Crippen LogP contribution < -0.4 is 10.0 Å². The summed E-state index contributed by atoms with van der Waals surface area (Å²) in [5.74, 6) is -0.549. The van der Waals surface area contributed by atoms with Gasteiger partial charge in [0.15, 0.2) is 0 Å². The summed E-state index contributed by atoms with van der Waals surface area (Å²) in [4.78, 5) is 11.8. The predicted molar refractivity (Wildman–Crippen MR) is 79.2 cm³/mol. The van der Waals surface area contributed by atoms with Crippen molar-refractivity contribution < 1.29 is 13.2 Å². The summed E-state index contributed by atoms with van der Waals surface area (Å²) in [6.45, 7) is 5.22. The number of sulfonamides is 1. The van der Waals surface area contributed by atoms with E-state index in [9.17, 15) is 13.2 Å². The molecule has 1 aromatic rings. The lowest BCUT2D eigenvalue weighted by Crippen LogP contribution is -2.48. The van der Waals surface area contributed by atoms with E-state index in [-0.39, 0.29) is 16.7 Å². The third-order valence-corrected chi connectivity index (χ3v) is 4.74. The highest BCUT2D eigenvalue weighted by Crippen LogP contribution is 2.21. The van der Waals surface area contributed by atoms with Gasteiger partial charge in [-0.3, -0.25) is 4.79 Å². The molecule has 0 aliphatic heterocycles. The Labute approximate surface area is 124 Å². The second kappa shape index (κ2) is 6.56. The first-order valence-corrected chi connectivity index (χ1v) is 8.05. The molecule has 2 N–H and O–H groups in total. The first-order chi connectivity index (χ1) is 9.19. The summed E-state index contributed by atoms with van der Waals surface area (Å²) in [7, 11) is -2.34. The van der Waals surface area contributed by atoms with Crippen LogP contribution >= 0.6 is 11.6 Å². The van der Waals surface area contributed by atoms with Gasteiger partial charge < -0.3 is 5.32 Å². The lowest BCUT2D eigenvalue weighted by molar-refractivity contribution is -0.123. The third-order valence-electron chi connectivity index (χ3n) is 2.92. The van der Waals surface area contributed by atoms with Gasteiger partial charge in [0.25, 0.3) is 0 Å².